The van der Waals surface area contributed by atoms with Crippen molar-refractivity contribution >= 4 is 16.5 Å². The Kier molecular flexibility index (Phi) is 4.09. The molecule has 0 radical (unpaired) electrons. The van der Waals surface area contributed by atoms with Crippen molar-refractivity contribution in [2.75, 3.05) is 5.32 Å². The van der Waals surface area contributed by atoms with Crippen LogP contribution in [0.15, 0.2) is 103 Å². The summed E-state index contributed by atoms with van der Waals surface area (Å²) < 4.78 is 6.11. The van der Waals surface area contributed by atoms with Gasteiger partial charge in [-0.25, -0.2) is 0 Å². The highest BCUT2D eigenvalue weighted by Gasteiger charge is 2.38. The van der Waals surface area contributed by atoms with Crippen LogP contribution in [0.3, 0.4) is 0 Å². The van der Waals surface area contributed by atoms with Crippen LogP contribution in [0.4, 0.5) is 5.69 Å². The predicted molar refractivity (Wildman–Crippen MR) is 123 cm³/mol. The van der Waals surface area contributed by atoms with Gasteiger partial charge in [0.05, 0.1) is 6.04 Å². The van der Waals surface area contributed by atoms with Gasteiger partial charge >= 0.3 is 0 Å². The Morgan fingerprint density at radius 2 is 1.57 bits per heavy atom. The highest BCUT2D eigenvalue weighted by atomic mass is 16.5. The smallest absolute Gasteiger partial charge is 0.127 e. The van der Waals surface area contributed by atoms with E-state index in [0.717, 1.165) is 17.9 Å². The van der Waals surface area contributed by atoms with Gasteiger partial charge in [0.2, 0.25) is 0 Å². The molecule has 0 amide bonds. The highest BCUT2D eigenvalue weighted by Crippen LogP contribution is 2.51. The van der Waals surface area contributed by atoms with Crippen molar-refractivity contribution in [3.63, 3.8) is 0 Å². The molecule has 1 aliphatic carbocycles. The third-order valence-corrected chi connectivity index (χ3v) is 6.47. The quantitative estimate of drug-likeness (QED) is 0.367. The van der Waals surface area contributed by atoms with E-state index in [9.17, 15) is 0 Å². The molecule has 4 aromatic carbocycles. The first-order chi connectivity index (χ1) is 14.9. The minimum Gasteiger partial charge on any atom is -0.457 e. The Morgan fingerprint density at radius 1 is 0.733 bits per heavy atom. The molecular weight excluding hydrogens is 366 g/mol. The Balaban J connectivity index is 1.40. The molecule has 0 unspecified atom stereocenters. The van der Waals surface area contributed by atoms with Crippen molar-refractivity contribution in [2.24, 2.45) is 5.92 Å². The Bertz CT molecular complexity index is 1240. The molecule has 2 nitrogen and oxygen atoms in total. The van der Waals surface area contributed by atoms with Gasteiger partial charge in [0.15, 0.2) is 0 Å². The third-order valence-electron chi connectivity index (χ3n) is 6.47. The number of benzene rings is 4. The van der Waals surface area contributed by atoms with Crippen molar-refractivity contribution in [3.8, 4) is 11.5 Å². The molecule has 0 fully saturated rings. The summed E-state index contributed by atoms with van der Waals surface area (Å²) in [7, 11) is 0. The maximum atomic E-state index is 6.11. The van der Waals surface area contributed by atoms with Gasteiger partial charge in [-0.3, -0.25) is 0 Å². The minimum atomic E-state index is 0.296. The van der Waals surface area contributed by atoms with Crippen LogP contribution >= 0.6 is 0 Å². The van der Waals surface area contributed by atoms with Gasteiger partial charge in [-0.15, -0.1) is 0 Å². The maximum Gasteiger partial charge on any atom is 0.127 e. The van der Waals surface area contributed by atoms with Crippen molar-refractivity contribution in [1.82, 2.24) is 0 Å². The number of hydrogen-bond acceptors (Lipinski definition) is 2. The number of nitrogens with one attached hydrogen (secondary N) is 1. The fraction of sp³-hybridized carbons (Fsp3) is 0.143. The summed E-state index contributed by atoms with van der Waals surface area (Å²) in [6, 6.07) is 32.1. The fourth-order valence-corrected chi connectivity index (χ4v) is 5.09. The molecule has 4 aromatic rings. The molecule has 1 heterocycles. The van der Waals surface area contributed by atoms with Crippen LogP contribution in [0.1, 0.15) is 29.5 Å². The predicted octanol–water partition coefficient (Wildman–Crippen LogP) is 7.46. The van der Waals surface area contributed by atoms with E-state index in [2.05, 4.69) is 78.1 Å². The van der Waals surface area contributed by atoms with E-state index in [1.54, 1.807) is 0 Å². The number of fused-ring (bicyclic) bond motifs is 4. The van der Waals surface area contributed by atoms with E-state index in [1.165, 1.54) is 27.6 Å². The number of rotatable bonds is 3. The van der Waals surface area contributed by atoms with Gasteiger partial charge in [0.25, 0.3) is 0 Å². The van der Waals surface area contributed by atoms with E-state index in [-0.39, 0.29) is 0 Å². The number of anilines is 1. The van der Waals surface area contributed by atoms with Crippen LogP contribution in [0, 0.1) is 5.92 Å². The van der Waals surface area contributed by atoms with Gasteiger partial charge < -0.3 is 10.1 Å². The van der Waals surface area contributed by atoms with Crippen molar-refractivity contribution < 1.29 is 4.74 Å². The van der Waals surface area contributed by atoms with E-state index < -0.39 is 0 Å². The second-order valence-corrected chi connectivity index (χ2v) is 8.21. The van der Waals surface area contributed by atoms with Crippen molar-refractivity contribution in [2.45, 2.75) is 18.4 Å². The highest BCUT2D eigenvalue weighted by molar-refractivity contribution is 5.86. The second kappa shape index (κ2) is 7.07. The standard InChI is InChI=1S/C28H23NO/c1-2-10-20(11-3-1)30-21-16-17-27-26(18-21)23-13-7-15-25(23)28(29-27)24-14-6-9-19-8-4-5-12-22(19)24/h1-14,16-18,23,25,28-29H,15H2/t23-,25+,28+/m1/s1. The summed E-state index contributed by atoms with van der Waals surface area (Å²) in [6.07, 6.45) is 5.82. The van der Waals surface area contributed by atoms with Gasteiger partial charge in [0, 0.05) is 11.6 Å². The zero-order valence-corrected chi connectivity index (χ0v) is 16.7. The molecule has 0 aromatic heterocycles. The summed E-state index contributed by atoms with van der Waals surface area (Å²) in [4.78, 5) is 0. The Morgan fingerprint density at radius 3 is 2.50 bits per heavy atom. The zero-order chi connectivity index (χ0) is 19.9. The molecule has 0 saturated heterocycles. The average Bonchev–Trinajstić information content (AvgIpc) is 3.29. The molecule has 0 spiro atoms. The fourth-order valence-electron chi connectivity index (χ4n) is 5.09. The summed E-state index contributed by atoms with van der Waals surface area (Å²) in [5.41, 5.74) is 3.93. The number of allylic oxidation sites excluding steroid dienone is 2. The molecule has 6 rings (SSSR count). The maximum absolute atomic E-state index is 6.11. The number of hydrogen-bond donors (Lipinski definition) is 1. The molecule has 1 aliphatic heterocycles. The molecule has 30 heavy (non-hydrogen) atoms. The van der Waals surface area contributed by atoms with Crippen LogP contribution in [-0.4, -0.2) is 0 Å². The van der Waals surface area contributed by atoms with Gasteiger partial charge in [-0.05, 0) is 64.6 Å². The zero-order valence-electron chi connectivity index (χ0n) is 16.7. The molecule has 146 valence electrons. The van der Waals surface area contributed by atoms with Gasteiger partial charge in [-0.1, -0.05) is 72.8 Å². The van der Waals surface area contributed by atoms with Crippen LogP contribution in [-0.2, 0) is 0 Å². The van der Waals surface area contributed by atoms with Gasteiger partial charge in [-0.2, -0.15) is 0 Å². The first-order valence-electron chi connectivity index (χ1n) is 10.6. The van der Waals surface area contributed by atoms with Crippen LogP contribution in [0.25, 0.3) is 10.8 Å². The van der Waals surface area contributed by atoms with Gasteiger partial charge in [0.1, 0.15) is 11.5 Å². The molecular formula is C28H23NO. The summed E-state index contributed by atoms with van der Waals surface area (Å²) in [5.74, 6) is 2.68. The molecule has 0 bridgehead atoms. The molecule has 0 saturated carbocycles. The lowest BCUT2D eigenvalue weighted by molar-refractivity contribution is 0.424. The first kappa shape index (κ1) is 17.3. The molecule has 1 N–H and O–H groups in total. The molecule has 2 heteroatoms. The molecule has 3 atom stereocenters. The van der Waals surface area contributed by atoms with E-state index in [4.69, 9.17) is 4.74 Å². The van der Waals surface area contributed by atoms with Crippen LogP contribution in [0.2, 0.25) is 0 Å². The summed E-state index contributed by atoms with van der Waals surface area (Å²) >= 11 is 0. The largest absolute Gasteiger partial charge is 0.457 e. The third kappa shape index (κ3) is 2.88. The lowest BCUT2D eigenvalue weighted by Gasteiger charge is -2.38. The summed E-state index contributed by atoms with van der Waals surface area (Å²) in [5, 5.41) is 6.52. The average molecular weight is 389 g/mol. The minimum absolute atomic E-state index is 0.296. The van der Waals surface area contributed by atoms with Crippen molar-refractivity contribution in [3.05, 3.63) is 114 Å². The van der Waals surface area contributed by atoms with Crippen LogP contribution in [0.5, 0.6) is 11.5 Å². The van der Waals surface area contributed by atoms with E-state index in [1.807, 2.05) is 30.3 Å². The Hall–Kier alpha value is -3.52. The van der Waals surface area contributed by atoms with Crippen LogP contribution < -0.4 is 10.1 Å². The van der Waals surface area contributed by atoms with Crippen molar-refractivity contribution in [1.29, 1.82) is 0 Å². The topological polar surface area (TPSA) is 21.3 Å². The molecule has 2 aliphatic rings. The number of para-hydroxylation sites is 1. The normalized spacial score (nSPS) is 21.7. The SMILES string of the molecule is C1=C[C@H]2c3cc(Oc4ccccc4)ccc3N[C@@H](c3cccc4ccccc34)[C@H]2C1. The monoisotopic (exact) mass is 389 g/mol. The lowest BCUT2D eigenvalue weighted by atomic mass is 9.76. The Labute approximate surface area is 176 Å². The van der Waals surface area contributed by atoms with E-state index >= 15 is 0 Å². The van der Waals surface area contributed by atoms with E-state index in [0.29, 0.717) is 17.9 Å². The first-order valence-corrected chi connectivity index (χ1v) is 10.6. The second-order valence-electron chi connectivity index (χ2n) is 8.21. The summed E-state index contributed by atoms with van der Waals surface area (Å²) in [6.45, 7) is 0. The lowest BCUT2D eigenvalue weighted by Crippen LogP contribution is -2.29. The number of ether oxygens (including phenoxy) is 1.